The number of fused-ring (bicyclic) bond motifs is 1. The summed E-state index contributed by atoms with van der Waals surface area (Å²) < 4.78 is 134. The highest BCUT2D eigenvalue weighted by Gasteiger charge is 2.27. The maximum Gasteiger partial charge on any atom is 0.397 e. The number of phenolic OH excluding ortho intramolecular Hbond substituents is 3. The fraction of sp³-hybridized carbons (Fsp3) is 0.125. The Bertz CT molecular complexity index is 3090. The van der Waals surface area contributed by atoms with Crippen LogP contribution in [-0.4, -0.2) is 93.3 Å². The number of hydrogen-bond donors (Lipinski definition) is 7. The van der Waals surface area contributed by atoms with E-state index in [1.807, 2.05) is 0 Å². The molecule has 0 saturated carbocycles. The van der Waals surface area contributed by atoms with Gasteiger partial charge in [0.05, 0.1) is 57.9 Å². The third-order valence-electron chi connectivity index (χ3n) is 8.02. The summed E-state index contributed by atoms with van der Waals surface area (Å²) in [4.78, 5) is -1.15. The second-order valence-electron chi connectivity index (χ2n) is 12.1. The third-order valence-corrected chi connectivity index (χ3v) is 13.9. The first-order valence-electron chi connectivity index (χ1n) is 16.9. The van der Waals surface area contributed by atoms with E-state index in [1.54, 1.807) is 0 Å². The predicted octanol–water partition coefficient (Wildman–Crippen LogP) is 7.25. The van der Waals surface area contributed by atoms with Crippen molar-refractivity contribution in [3.63, 3.8) is 0 Å². The topological polar surface area (TPSA) is 408 Å². The first-order chi connectivity index (χ1) is 30.7. The van der Waals surface area contributed by atoms with Crippen LogP contribution in [0.2, 0.25) is 0 Å². The molecule has 0 fully saturated rings. The molecule has 5 rings (SSSR count). The Kier molecular flexibility index (Phi) is 17.0. The number of sulfone groups is 2. The summed E-state index contributed by atoms with van der Waals surface area (Å²) in [5, 5.41) is 80.3. The molecule has 0 aliphatic heterocycles. The normalized spacial score (nSPS) is 12.9. The fourth-order valence-electron chi connectivity index (χ4n) is 5.18. The molecule has 7 N–H and O–H groups in total. The Balaban J connectivity index is 1.56. The standard InChI is InChI=1S/C32H28N6O21S6/c39-29-26(36-33-18-4-8-20(9-5-18)62(44,45)16-14-54-61-59-57-43)30(40)28(38-35-24-13-12-22-23(32(24)64(48,49)50)2-1-3-25(22)60-58-56-42)31(41)27(29)37-34-19-6-10-21(11-7-19)63(46,47)17-15-55-65(51,52)53/h1-13,39-43H,14-17H2,(H,48,49,50)(H,51,52,53)/b36-33+,37-34+,38-35+. The van der Waals surface area contributed by atoms with Crippen molar-refractivity contribution in [1.82, 2.24) is 0 Å². The molecule has 0 spiro atoms. The summed E-state index contributed by atoms with van der Waals surface area (Å²) in [7, 11) is -18.1. The molecule has 0 bridgehead atoms. The molecule has 348 valence electrons. The van der Waals surface area contributed by atoms with Gasteiger partial charge in [-0.2, -0.15) is 27.1 Å². The Labute approximate surface area is 374 Å². The summed E-state index contributed by atoms with van der Waals surface area (Å²) >= 11 is 0.652. The van der Waals surface area contributed by atoms with Gasteiger partial charge in [0, 0.05) is 10.3 Å². The Morgan fingerprint density at radius 2 is 1.03 bits per heavy atom. The summed E-state index contributed by atoms with van der Waals surface area (Å²) in [6.07, 6.45) is 0. The van der Waals surface area contributed by atoms with Crippen LogP contribution in [0.5, 0.6) is 17.2 Å². The zero-order valence-corrected chi connectivity index (χ0v) is 36.7. The first kappa shape index (κ1) is 50.7. The van der Waals surface area contributed by atoms with Gasteiger partial charge in [-0.3, -0.25) is 13.3 Å². The lowest BCUT2D eigenvalue weighted by Crippen LogP contribution is -2.15. The average molecular weight is 1020 g/mol. The molecule has 0 aliphatic carbocycles. The van der Waals surface area contributed by atoms with Crippen LogP contribution in [-0.2, 0) is 67.3 Å². The van der Waals surface area contributed by atoms with Crippen LogP contribution in [0, 0.1) is 0 Å². The van der Waals surface area contributed by atoms with Gasteiger partial charge in [0.1, 0.15) is 10.6 Å². The number of rotatable bonds is 22. The van der Waals surface area contributed by atoms with Gasteiger partial charge < -0.3 is 15.3 Å². The van der Waals surface area contributed by atoms with Crippen molar-refractivity contribution in [3.8, 4) is 17.2 Å². The van der Waals surface area contributed by atoms with Crippen molar-refractivity contribution < 1.29 is 95.7 Å². The maximum atomic E-state index is 12.7. The second kappa shape index (κ2) is 21.8. The minimum Gasteiger partial charge on any atom is -0.504 e. The van der Waals surface area contributed by atoms with Crippen LogP contribution < -0.4 is 0 Å². The van der Waals surface area contributed by atoms with Crippen molar-refractivity contribution in [3.05, 3.63) is 78.9 Å². The van der Waals surface area contributed by atoms with Gasteiger partial charge >= 0.3 is 10.4 Å². The number of benzene rings is 5. The van der Waals surface area contributed by atoms with Crippen molar-refractivity contribution in [1.29, 1.82) is 0 Å². The van der Waals surface area contributed by atoms with E-state index in [0.717, 1.165) is 42.5 Å². The van der Waals surface area contributed by atoms with E-state index in [9.17, 15) is 53.5 Å². The van der Waals surface area contributed by atoms with Crippen molar-refractivity contribution >= 4 is 109 Å². The first-order valence-corrected chi connectivity index (χ1v) is 24.5. The molecule has 5 aromatic rings. The molecular weight excluding hydrogens is 997 g/mol. The molecule has 0 atom stereocenters. The van der Waals surface area contributed by atoms with Gasteiger partial charge in [-0.25, -0.2) is 31.5 Å². The quantitative estimate of drug-likeness (QED) is 0.00896. The molecular formula is C32H28N6O21S6. The molecule has 65 heavy (non-hydrogen) atoms. The second-order valence-corrected chi connectivity index (χ2v) is 20.0. The van der Waals surface area contributed by atoms with E-state index in [0.29, 0.717) is 12.0 Å². The number of phenols is 3. The molecule has 33 heteroatoms. The highest BCUT2D eigenvalue weighted by atomic mass is 32.3. The van der Waals surface area contributed by atoms with Gasteiger partial charge in [-0.05, 0) is 66.0 Å². The lowest BCUT2D eigenvalue weighted by molar-refractivity contribution is -0.434. The smallest absolute Gasteiger partial charge is 0.397 e. The Hall–Kier alpha value is -5.34. The monoisotopic (exact) mass is 1020 g/mol. The van der Waals surface area contributed by atoms with Crippen LogP contribution >= 0.6 is 24.4 Å². The number of aromatic hydroxyl groups is 3. The van der Waals surface area contributed by atoms with E-state index in [1.165, 1.54) is 36.4 Å². The summed E-state index contributed by atoms with van der Waals surface area (Å²) in [5.41, 5.74) is -3.41. The number of nitrogens with zero attached hydrogens (tertiary/aromatic N) is 6. The van der Waals surface area contributed by atoms with E-state index in [2.05, 4.69) is 53.6 Å². The molecule has 27 nitrogen and oxygen atoms in total. The number of azo groups is 3. The average Bonchev–Trinajstić information content (AvgIpc) is 3.24. The predicted molar refractivity (Wildman–Crippen MR) is 221 cm³/mol. The zero-order valence-electron chi connectivity index (χ0n) is 31.8. The maximum absolute atomic E-state index is 12.7. The largest absolute Gasteiger partial charge is 0.504 e. The van der Waals surface area contributed by atoms with Crippen LogP contribution in [0.3, 0.4) is 0 Å². The number of hydrogen-bond acceptors (Lipinski definition) is 27. The molecule has 0 saturated heterocycles. The minimum absolute atomic E-state index is 0.0653. The Morgan fingerprint density at radius 1 is 0.538 bits per heavy atom. The Morgan fingerprint density at radius 3 is 1.51 bits per heavy atom. The SMILES string of the molecule is O=S(=O)(O)OCCS(=O)(=O)c1ccc(/N=N/c2c(O)c(/N=N/c3ccc(S(=O)(=O)CCOSOOO)cc3)c(O)c(/N=N/c3ccc4c(SOOO)cccc4c3S(=O)(=O)O)c2O)cc1. The van der Waals surface area contributed by atoms with Gasteiger partial charge in [0.25, 0.3) is 10.1 Å². The van der Waals surface area contributed by atoms with Crippen molar-refractivity contribution in [2.24, 2.45) is 30.7 Å². The molecule has 0 aliphatic rings. The molecule has 0 unspecified atom stereocenters. The summed E-state index contributed by atoms with van der Waals surface area (Å²) in [5.74, 6) is -4.76. The van der Waals surface area contributed by atoms with Crippen LogP contribution in [0.4, 0.5) is 34.1 Å². The van der Waals surface area contributed by atoms with Crippen molar-refractivity contribution in [2.75, 3.05) is 24.7 Å². The van der Waals surface area contributed by atoms with E-state index in [-0.39, 0.29) is 55.8 Å². The van der Waals surface area contributed by atoms with Gasteiger partial charge in [-0.15, -0.1) is 29.1 Å². The highest BCUT2D eigenvalue weighted by molar-refractivity contribution is 7.94. The van der Waals surface area contributed by atoms with E-state index >= 15 is 0 Å². The van der Waals surface area contributed by atoms with E-state index in [4.69, 9.17) is 19.3 Å². The van der Waals surface area contributed by atoms with Gasteiger partial charge in [0.15, 0.2) is 66.3 Å². The van der Waals surface area contributed by atoms with Crippen LogP contribution in [0.1, 0.15) is 0 Å². The minimum atomic E-state index is -5.12. The van der Waals surface area contributed by atoms with Crippen LogP contribution in [0.25, 0.3) is 10.8 Å². The van der Waals surface area contributed by atoms with Gasteiger partial charge in [0.2, 0.25) is 0 Å². The summed E-state index contributed by atoms with van der Waals surface area (Å²) in [6, 6.07) is 15.4. The molecule has 0 amide bonds. The molecule has 0 radical (unpaired) electrons. The molecule has 0 aromatic heterocycles. The summed E-state index contributed by atoms with van der Waals surface area (Å²) in [6.45, 7) is -1.28. The third kappa shape index (κ3) is 13.4. The lowest BCUT2D eigenvalue weighted by Gasteiger charge is -2.11. The lowest BCUT2D eigenvalue weighted by atomic mass is 10.1. The fourth-order valence-corrected chi connectivity index (χ4v) is 9.41. The highest BCUT2D eigenvalue weighted by Crippen LogP contribution is 2.57. The van der Waals surface area contributed by atoms with Gasteiger partial charge in [-0.1, -0.05) is 28.3 Å². The molecule has 0 heterocycles. The zero-order chi connectivity index (χ0) is 47.6. The van der Waals surface area contributed by atoms with E-state index < -0.39 is 103 Å². The van der Waals surface area contributed by atoms with Crippen LogP contribution in [0.15, 0.2) is 129 Å². The van der Waals surface area contributed by atoms with Crippen molar-refractivity contribution in [2.45, 2.75) is 19.6 Å². The molecule has 5 aromatic carbocycles.